The zero-order chi connectivity index (χ0) is 25.6. The van der Waals surface area contributed by atoms with Crippen molar-refractivity contribution in [3.8, 4) is 5.88 Å². The molecule has 0 bridgehead atoms. The van der Waals surface area contributed by atoms with Crippen LogP contribution in [0.25, 0.3) is 0 Å². The molecule has 0 saturated heterocycles. The molecule has 1 N–H and O–H groups in total. The molecule has 0 aliphatic rings. The zero-order valence-electron chi connectivity index (χ0n) is 23.2. The molecule has 5 nitrogen and oxygen atoms in total. The van der Waals surface area contributed by atoms with E-state index in [1.165, 1.54) is 124 Å². The summed E-state index contributed by atoms with van der Waals surface area (Å²) in [6, 6.07) is 1.20. The molecule has 5 heteroatoms. The third-order valence-corrected chi connectivity index (χ3v) is 7.23. The standard InChI is InChI=1S/C30H56N2O3/c1-3-5-7-9-11-12-13-14-15-16-17-18-19-20-22-24-26-32-29(34)27-28(33)31(30(32)35)25-23-21-10-8-6-4-2/h27,34H,3-26H2,1-2H3. The maximum absolute atomic E-state index is 12.7. The topological polar surface area (TPSA) is 64.2 Å². The Hall–Kier alpha value is -1.52. The Bertz CT molecular complexity index is 738. The fraction of sp³-hybridized carbons (Fsp3) is 0.867. The van der Waals surface area contributed by atoms with Gasteiger partial charge in [0.05, 0.1) is 6.07 Å². The van der Waals surface area contributed by atoms with Crippen LogP contribution in [0.2, 0.25) is 0 Å². The largest absolute Gasteiger partial charge is 0.494 e. The number of hydrogen-bond acceptors (Lipinski definition) is 3. The second-order valence-corrected chi connectivity index (χ2v) is 10.5. The highest BCUT2D eigenvalue weighted by molar-refractivity contribution is 5.07. The molecule has 0 amide bonds. The van der Waals surface area contributed by atoms with E-state index in [-0.39, 0.29) is 17.1 Å². The van der Waals surface area contributed by atoms with Crippen LogP contribution in [0.15, 0.2) is 15.7 Å². The smallest absolute Gasteiger partial charge is 0.333 e. The summed E-state index contributed by atoms with van der Waals surface area (Å²) in [5, 5.41) is 10.1. The fourth-order valence-corrected chi connectivity index (χ4v) is 4.89. The lowest BCUT2D eigenvalue weighted by Crippen LogP contribution is -2.39. The fourth-order valence-electron chi connectivity index (χ4n) is 4.89. The molecule has 0 atom stereocenters. The summed E-state index contributed by atoms with van der Waals surface area (Å²) in [5.74, 6) is -0.194. The van der Waals surface area contributed by atoms with Crippen LogP contribution in [0, 0.1) is 0 Å². The van der Waals surface area contributed by atoms with Crippen LogP contribution < -0.4 is 11.2 Å². The summed E-state index contributed by atoms with van der Waals surface area (Å²) >= 11 is 0. The summed E-state index contributed by atoms with van der Waals surface area (Å²) < 4.78 is 2.67. The average Bonchev–Trinajstić information content (AvgIpc) is 2.84. The van der Waals surface area contributed by atoms with Gasteiger partial charge < -0.3 is 5.11 Å². The van der Waals surface area contributed by atoms with Gasteiger partial charge in [0.25, 0.3) is 5.56 Å². The van der Waals surface area contributed by atoms with Gasteiger partial charge in [0.2, 0.25) is 5.88 Å². The maximum Gasteiger partial charge on any atom is 0.333 e. The van der Waals surface area contributed by atoms with Crippen molar-refractivity contribution >= 4 is 0 Å². The number of rotatable bonds is 24. The van der Waals surface area contributed by atoms with Gasteiger partial charge >= 0.3 is 5.69 Å². The lowest BCUT2D eigenvalue weighted by Gasteiger charge is -2.12. The first-order chi connectivity index (χ1) is 17.1. The number of nitrogens with zero attached hydrogens (tertiary/aromatic N) is 2. The van der Waals surface area contributed by atoms with E-state index in [4.69, 9.17) is 0 Å². The number of aromatic hydroxyl groups is 1. The molecule has 0 aliphatic carbocycles. The van der Waals surface area contributed by atoms with Crippen LogP contribution >= 0.6 is 0 Å². The minimum atomic E-state index is -0.385. The Morgan fingerprint density at radius 2 is 0.829 bits per heavy atom. The van der Waals surface area contributed by atoms with Crippen LogP contribution in [0.5, 0.6) is 5.88 Å². The molecule has 0 saturated carbocycles. The van der Waals surface area contributed by atoms with Crippen molar-refractivity contribution in [2.75, 3.05) is 0 Å². The van der Waals surface area contributed by atoms with Crippen molar-refractivity contribution in [1.29, 1.82) is 0 Å². The molecular formula is C30H56N2O3. The lowest BCUT2D eigenvalue weighted by molar-refractivity contribution is 0.378. The molecule has 204 valence electrons. The van der Waals surface area contributed by atoms with Gasteiger partial charge in [-0.2, -0.15) is 0 Å². The van der Waals surface area contributed by atoms with E-state index in [9.17, 15) is 14.7 Å². The molecule has 1 aromatic rings. The van der Waals surface area contributed by atoms with Gasteiger partial charge in [-0.25, -0.2) is 4.79 Å². The summed E-state index contributed by atoms with van der Waals surface area (Å²) in [6.45, 7) is 5.40. The third kappa shape index (κ3) is 15.3. The Kier molecular flexibility index (Phi) is 19.6. The minimum absolute atomic E-state index is 0.194. The molecule has 1 aromatic heterocycles. The van der Waals surface area contributed by atoms with Crippen LogP contribution in [-0.4, -0.2) is 14.2 Å². The Morgan fingerprint density at radius 3 is 1.20 bits per heavy atom. The number of aromatic nitrogens is 2. The average molecular weight is 493 g/mol. The Labute approximate surface area is 215 Å². The minimum Gasteiger partial charge on any atom is -0.494 e. The first-order valence-corrected chi connectivity index (χ1v) is 15.2. The Balaban J connectivity index is 2.12. The summed E-state index contributed by atoms with van der Waals surface area (Å²) in [7, 11) is 0. The van der Waals surface area contributed by atoms with Crippen molar-refractivity contribution in [1.82, 2.24) is 9.13 Å². The SMILES string of the molecule is CCCCCCCCCCCCCCCCCCn1c(O)cc(=O)n(CCCCCCCC)c1=O. The summed E-state index contributed by atoms with van der Waals surface area (Å²) in [4.78, 5) is 24.9. The van der Waals surface area contributed by atoms with Crippen molar-refractivity contribution in [2.24, 2.45) is 0 Å². The van der Waals surface area contributed by atoms with E-state index in [2.05, 4.69) is 13.8 Å². The van der Waals surface area contributed by atoms with Gasteiger partial charge in [-0.05, 0) is 12.8 Å². The van der Waals surface area contributed by atoms with E-state index >= 15 is 0 Å². The molecule has 35 heavy (non-hydrogen) atoms. The van der Waals surface area contributed by atoms with E-state index in [0.717, 1.165) is 32.1 Å². The summed E-state index contributed by atoms with van der Waals surface area (Å²) in [6.07, 6.45) is 27.6. The van der Waals surface area contributed by atoms with Crippen LogP contribution in [0.4, 0.5) is 0 Å². The van der Waals surface area contributed by atoms with Gasteiger partial charge in [0.15, 0.2) is 0 Å². The monoisotopic (exact) mass is 492 g/mol. The van der Waals surface area contributed by atoms with Gasteiger partial charge in [0, 0.05) is 13.1 Å². The maximum atomic E-state index is 12.7. The Morgan fingerprint density at radius 1 is 0.514 bits per heavy atom. The van der Waals surface area contributed by atoms with Crippen LogP contribution in [-0.2, 0) is 13.1 Å². The normalized spacial score (nSPS) is 11.4. The second kappa shape index (κ2) is 21.7. The van der Waals surface area contributed by atoms with E-state index in [1.807, 2.05) is 0 Å². The van der Waals surface area contributed by atoms with E-state index < -0.39 is 0 Å². The highest BCUT2D eigenvalue weighted by Crippen LogP contribution is 2.14. The molecule has 0 aromatic carbocycles. The van der Waals surface area contributed by atoms with Crippen molar-refractivity contribution in [2.45, 2.75) is 168 Å². The van der Waals surface area contributed by atoms with Gasteiger partial charge in [0.1, 0.15) is 0 Å². The molecule has 1 heterocycles. The molecule has 1 rings (SSSR count). The number of unbranched alkanes of at least 4 members (excludes halogenated alkanes) is 20. The number of hydrogen-bond donors (Lipinski definition) is 1. The second-order valence-electron chi connectivity index (χ2n) is 10.5. The predicted octanol–water partition coefficient (Wildman–Crippen LogP) is 8.34. The summed E-state index contributed by atoms with van der Waals surface area (Å²) in [5.41, 5.74) is -0.742. The third-order valence-electron chi connectivity index (χ3n) is 7.23. The lowest BCUT2D eigenvalue weighted by atomic mass is 10.0. The molecule has 0 radical (unpaired) electrons. The van der Waals surface area contributed by atoms with Crippen LogP contribution in [0.1, 0.15) is 155 Å². The predicted molar refractivity (Wildman–Crippen MR) is 150 cm³/mol. The van der Waals surface area contributed by atoms with Crippen molar-refractivity contribution in [3.63, 3.8) is 0 Å². The van der Waals surface area contributed by atoms with E-state index in [0.29, 0.717) is 13.1 Å². The first kappa shape index (κ1) is 31.5. The first-order valence-electron chi connectivity index (χ1n) is 15.2. The molecule has 0 fully saturated rings. The van der Waals surface area contributed by atoms with Crippen molar-refractivity contribution in [3.05, 3.63) is 26.9 Å². The van der Waals surface area contributed by atoms with Gasteiger partial charge in [-0.3, -0.25) is 13.9 Å². The van der Waals surface area contributed by atoms with E-state index in [1.54, 1.807) is 0 Å². The quantitative estimate of drug-likeness (QED) is 0.147. The highest BCUT2D eigenvalue weighted by Gasteiger charge is 2.10. The van der Waals surface area contributed by atoms with Crippen LogP contribution in [0.3, 0.4) is 0 Å². The molecule has 0 unspecified atom stereocenters. The zero-order valence-corrected chi connectivity index (χ0v) is 23.2. The van der Waals surface area contributed by atoms with Gasteiger partial charge in [-0.1, -0.05) is 142 Å². The highest BCUT2D eigenvalue weighted by atomic mass is 16.3. The molecule has 0 spiro atoms. The van der Waals surface area contributed by atoms with Crippen molar-refractivity contribution < 1.29 is 5.11 Å². The molecule has 0 aliphatic heterocycles. The molecular weight excluding hydrogens is 436 g/mol. The van der Waals surface area contributed by atoms with Gasteiger partial charge in [-0.15, -0.1) is 0 Å².